The van der Waals surface area contributed by atoms with Crippen LogP contribution in [0.2, 0.25) is 0 Å². The van der Waals surface area contributed by atoms with Crippen LogP contribution in [0.3, 0.4) is 0 Å². The number of aromatic nitrogens is 2. The van der Waals surface area contributed by atoms with E-state index in [0.717, 1.165) is 25.3 Å². The average molecular weight is 251 g/mol. The summed E-state index contributed by atoms with van der Waals surface area (Å²) in [4.78, 5) is 10.5. The molecule has 0 bridgehead atoms. The highest BCUT2D eigenvalue weighted by Gasteiger charge is 2.24. The van der Waals surface area contributed by atoms with E-state index in [1.165, 1.54) is 0 Å². The first-order valence-electron chi connectivity index (χ1n) is 6.14. The highest BCUT2D eigenvalue weighted by molar-refractivity contribution is 5.50. The van der Waals surface area contributed by atoms with E-state index in [-0.39, 0.29) is 5.95 Å². The molecule has 6 N–H and O–H groups in total. The number of hydrogen-bond donors (Lipinski definition) is 4. The first kappa shape index (κ1) is 12.8. The van der Waals surface area contributed by atoms with Gasteiger partial charge in [-0.15, -0.1) is 0 Å². The van der Waals surface area contributed by atoms with Crippen LogP contribution in [0.15, 0.2) is 6.07 Å². The number of likely N-dealkylation sites (tertiary alicyclic amines) is 1. The minimum atomic E-state index is 0.216. The van der Waals surface area contributed by atoms with Crippen LogP contribution >= 0.6 is 0 Å². The van der Waals surface area contributed by atoms with Crippen LogP contribution in [0, 0.1) is 5.92 Å². The molecule has 0 spiro atoms. The molecule has 1 aromatic heterocycles. The molecule has 2 atom stereocenters. The molecule has 2 rings (SSSR count). The third-order valence-corrected chi connectivity index (χ3v) is 3.33. The van der Waals surface area contributed by atoms with E-state index >= 15 is 0 Å². The van der Waals surface area contributed by atoms with Crippen molar-refractivity contribution >= 4 is 17.6 Å². The maximum atomic E-state index is 5.63. The zero-order valence-corrected chi connectivity index (χ0v) is 10.8. The molecular formula is C11H21N7. The molecule has 1 fully saturated rings. The van der Waals surface area contributed by atoms with Gasteiger partial charge in [0.2, 0.25) is 5.95 Å². The smallest absolute Gasteiger partial charge is 0.223 e. The van der Waals surface area contributed by atoms with Crippen molar-refractivity contribution in [3.05, 3.63) is 6.07 Å². The SMILES string of the molecule is CC1CN(C)CCC1Nc1cc(NN)nc(N)n1. The van der Waals surface area contributed by atoms with Crippen molar-refractivity contribution in [2.45, 2.75) is 19.4 Å². The molecule has 0 saturated carbocycles. The molecule has 0 aliphatic carbocycles. The topological polar surface area (TPSA) is 105 Å². The Kier molecular flexibility index (Phi) is 3.83. The Labute approximate surface area is 107 Å². The van der Waals surface area contributed by atoms with Gasteiger partial charge in [0.15, 0.2) is 0 Å². The van der Waals surface area contributed by atoms with E-state index < -0.39 is 0 Å². The van der Waals surface area contributed by atoms with Gasteiger partial charge in [-0.1, -0.05) is 6.92 Å². The maximum Gasteiger partial charge on any atom is 0.223 e. The summed E-state index contributed by atoms with van der Waals surface area (Å²) < 4.78 is 0. The Bertz CT molecular complexity index is 408. The number of nitrogens with one attached hydrogen (secondary N) is 2. The van der Waals surface area contributed by atoms with E-state index in [1.54, 1.807) is 6.07 Å². The van der Waals surface area contributed by atoms with Crippen molar-refractivity contribution in [3.8, 4) is 0 Å². The molecule has 0 aromatic carbocycles. The van der Waals surface area contributed by atoms with Crippen LogP contribution in [0.1, 0.15) is 13.3 Å². The lowest BCUT2D eigenvalue weighted by atomic mass is 9.94. The summed E-state index contributed by atoms with van der Waals surface area (Å²) in [5.74, 6) is 7.35. The molecule has 18 heavy (non-hydrogen) atoms. The molecule has 7 heteroatoms. The van der Waals surface area contributed by atoms with Crippen molar-refractivity contribution in [3.63, 3.8) is 0 Å². The van der Waals surface area contributed by atoms with Crippen molar-refractivity contribution in [2.24, 2.45) is 11.8 Å². The van der Waals surface area contributed by atoms with Crippen LogP contribution in [-0.2, 0) is 0 Å². The zero-order chi connectivity index (χ0) is 13.1. The number of anilines is 3. The summed E-state index contributed by atoms with van der Waals surface area (Å²) in [6.45, 7) is 4.41. The molecule has 1 aliphatic rings. The molecule has 2 unspecified atom stereocenters. The first-order valence-corrected chi connectivity index (χ1v) is 6.14. The van der Waals surface area contributed by atoms with Crippen LogP contribution < -0.4 is 22.3 Å². The second-order valence-corrected chi connectivity index (χ2v) is 4.92. The quantitative estimate of drug-likeness (QED) is 0.446. The monoisotopic (exact) mass is 251 g/mol. The number of nitrogens with zero attached hydrogens (tertiary/aromatic N) is 3. The molecule has 0 radical (unpaired) electrons. The van der Waals surface area contributed by atoms with Crippen molar-refractivity contribution < 1.29 is 0 Å². The Hall–Kier alpha value is -1.60. The van der Waals surface area contributed by atoms with Crippen LogP contribution in [0.5, 0.6) is 0 Å². The van der Waals surface area contributed by atoms with Gasteiger partial charge >= 0.3 is 0 Å². The molecule has 100 valence electrons. The number of nitrogens with two attached hydrogens (primary N) is 2. The lowest BCUT2D eigenvalue weighted by Crippen LogP contribution is -2.43. The number of hydrogen-bond acceptors (Lipinski definition) is 7. The Morgan fingerprint density at radius 2 is 2.11 bits per heavy atom. The summed E-state index contributed by atoms with van der Waals surface area (Å²) in [7, 11) is 2.14. The third-order valence-electron chi connectivity index (χ3n) is 3.33. The highest BCUT2D eigenvalue weighted by atomic mass is 15.3. The summed E-state index contributed by atoms with van der Waals surface area (Å²) in [5.41, 5.74) is 8.12. The van der Waals surface area contributed by atoms with Crippen molar-refractivity contribution in [2.75, 3.05) is 36.6 Å². The summed E-state index contributed by atoms with van der Waals surface area (Å²) in [6, 6.07) is 2.17. The van der Waals surface area contributed by atoms with Gasteiger partial charge < -0.3 is 21.4 Å². The minimum Gasteiger partial charge on any atom is -0.368 e. The molecule has 2 heterocycles. The maximum absolute atomic E-state index is 5.63. The molecule has 1 aromatic rings. The van der Waals surface area contributed by atoms with Gasteiger partial charge in [-0.05, 0) is 25.9 Å². The first-order chi connectivity index (χ1) is 8.58. The number of piperidine rings is 1. The molecule has 1 aliphatic heterocycles. The second-order valence-electron chi connectivity index (χ2n) is 4.92. The lowest BCUT2D eigenvalue weighted by molar-refractivity contribution is 0.206. The molecule has 1 saturated heterocycles. The zero-order valence-electron chi connectivity index (χ0n) is 10.8. The van der Waals surface area contributed by atoms with Crippen LogP contribution in [-0.4, -0.2) is 41.0 Å². The van der Waals surface area contributed by atoms with E-state index in [2.05, 4.69) is 39.6 Å². The van der Waals surface area contributed by atoms with Gasteiger partial charge in [-0.3, -0.25) is 0 Å². The van der Waals surface area contributed by atoms with Gasteiger partial charge in [0.25, 0.3) is 0 Å². The van der Waals surface area contributed by atoms with E-state index in [0.29, 0.717) is 17.8 Å². The summed E-state index contributed by atoms with van der Waals surface area (Å²) in [6.07, 6.45) is 1.09. The predicted molar refractivity (Wildman–Crippen MR) is 72.9 cm³/mol. The largest absolute Gasteiger partial charge is 0.368 e. The standard InChI is InChI=1S/C11H21N7/c1-7-6-18(2)4-3-8(7)14-9-5-10(17-13)16-11(12)15-9/h5,7-8H,3-4,6,13H2,1-2H3,(H4,12,14,15,16,17). The Morgan fingerprint density at radius 3 is 2.78 bits per heavy atom. The lowest BCUT2D eigenvalue weighted by Gasteiger charge is -2.35. The van der Waals surface area contributed by atoms with Gasteiger partial charge in [0.05, 0.1) is 0 Å². The van der Waals surface area contributed by atoms with Crippen molar-refractivity contribution in [1.82, 2.24) is 14.9 Å². The third kappa shape index (κ3) is 2.99. The number of rotatable bonds is 3. The minimum absolute atomic E-state index is 0.216. The highest BCUT2D eigenvalue weighted by Crippen LogP contribution is 2.20. The van der Waals surface area contributed by atoms with E-state index in [1.807, 2.05) is 0 Å². The van der Waals surface area contributed by atoms with Gasteiger partial charge in [0.1, 0.15) is 11.6 Å². The Balaban J connectivity index is 2.06. The fraction of sp³-hybridized carbons (Fsp3) is 0.636. The van der Waals surface area contributed by atoms with Gasteiger partial charge in [-0.25, -0.2) is 5.84 Å². The average Bonchev–Trinajstić information content (AvgIpc) is 2.32. The van der Waals surface area contributed by atoms with E-state index in [9.17, 15) is 0 Å². The van der Waals surface area contributed by atoms with Gasteiger partial charge in [-0.2, -0.15) is 9.97 Å². The summed E-state index contributed by atoms with van der Waals surface area (Å²) in [5, 5.41) is 3.41. The fourth-order valence-corrected chi connectivity index (χ4v) is 2.37. The predicted octanol–water partition coefficient (Wildman–Crippen LogP) is 0.0965. The Morgan fingerprint density at radius 1 is 1.39 bits per heavy atom. The van der Waals surface area contributed by atoms with Crippen molar-refractivity contribution in [1.29, 1.82) is 0 Å². The molecule has 7 nitrogen and oxygen atoms in total. The second kappa shape index (κ2) is 5.36. The molecular weight excluding hydrogens is 230 g/mol. The van der Waals surface area contributed by atoms with Crippen LogP contribution in [0.4, 0.5) is 17.6 Å². The van der Waals surface area contributed by atoms with Gasteiger partial charge in [0, 0.05) is 18.7 Å². The van der Waals surface area contributed by atoms with E-state index in [4.69, 9.17) is 11.6 Å². The normalized spacial score (nSPS) is 24.8. The number of hydrazine groups is 1. The van der Waals surface area contributed by atoms with Crippen LogP contribution in [0.25, 0.3) is 0 Å². The fourth-order valence-electron chi connectivity index (χ4n) is 2.37. The summed E-state index contributed by atoms with van der Waals surface area (Å²) >= 11 is 0. The number of nitrogen functional groups attached to an aromatic ring is 2. The molecule has 0 amide bonds.